The van der Waals surface area contributed by atoms with Crippen molar-refractivity contribution >= 4 is 31.8 Å². The third kappa shape index (κ3) is 8.82. The van der Waals surface area contributed by atoms with Crippen molar-refractivity contribution in [2.75, 3.05) is 0 Å². The zero-order chi connectivity index (χ0) is 15.6. The monoisotopic (exact) mass is 551 g/mol. The van der Waals surface area contributed by atoms with Gasteiger partial charge in [0.1, 0.15) is 0 Å². The van der Waals surface area contributed by atoms with Crippen molar-refractivity contribution < 1.29 is 50.7 Å². The van der Waals surface area contributed by atoms with Crippen LogP contribution in [0.4, 0.5) is 0 Å². The summed E-state index contributed by atoms with van der Waals surface area (Å²) in [4.78, 5) is 0. The van der Waals surface area contributed by atoms with Crippen molar-refractivity contribution in [2.45, 2.75) is 6.92 Å². The SMILES string of the molecule is CC=C[SiH2].[Cl-].[Cl-].[Hf+4].c1ccc2[cH-]ccc2c1.c1ccc2[cH-]ccc2c1. The maximum atomic E-state index is 2.12. The predicted molar refractivity (Wildman–Crippen MR) is 102 cm³/mol. The van der Waals surface area contributed by atoms with Gasteiger partial charge in [-0.2, -0.15) is 35.0 Å². The van der Waals surface area contributed by atoms with Gasteiger partial charge in [-0.15, -0.1) is 65.0 Å². The van der Waals surface area contributed by atoms with Crippen molar-refractivity contribution in [2.24, 2.45) is 0 Å². The van der Waals surface area contributed by atoms with Gasteiger partial charge in [-0.05, 0) is 6.92 Å². The molecule has 127 valence electrons. The van der Waals surface area contributed by atoms with E-state index in [0.29, 0.717) is 0 Å². The number of fused-ring (bicyclic) bond motifs is 2. The topological polar surface area (TPSA) is 0 Å². The fourth-order valence-corrected chi connectivity index (χ4v) is 2.14. The Labute approximate surface area is 185 Å². The van der Waals surface area contributed by atoms with Gasteiger partial charge in [-0.1, -0.05) is 18.2 Å². The van der Waals surface area contributed by atoms with Crippen LogP contribution in [0, 0.1) is 0 Å². The van der Waals surface area contributed by atoms with E-state index in [9.17, 15) is 0 Å². The van der Waals surface area contributed by atoms with Crippen LogP contribution in [0.2, 0.25) is 0 Å². The summed E-state index contributed by atoms with van der Waals surface area (Å²) in [5.41, 5.74) is 2.03. The molecule has 0 amide bonds. The number of halogens is 2. The van der Waals surface area contributed by atoms with Gasteiger partial charge in [0, 0.05) is 10.2 Å². The fourth-order valence-electron chi connectivity index (χ4n) is 2.14. The van der Waals surface area contributed by atoms with E-state index in [2.05, 4.69) is 84.9 Å². The average molecular weight is 551 g/mol. The molecule has 4 heteroatoms. The Morgan fingerprint density at radius 2 is 1.08 bits per heavy atom. The van der Waals surface area contributed by atoms with Crippen LogP contribution < -0.4 is 24.8 Å². The average Bonchev–Trinajstić information content (AvgIpc) is 3.24. The molecule has 0 aliphatic rings. The molecule has 0 saturated heterocycles. The minimum atomic E-state index is 0. The number of benzene rings is 2. The van der Waals surface area contributed by atoms with Crippen LogP contribution in [-0.4, -0.2) is 10.2 Å². The van der Waals surface area contributed by atoms with E-state index in [1.54, 1.807) is 0 Å². The molecule has 0 atom stereocenters. The second-order valence-corrected chi connectivity index (χ2v) is 5.35. The Morgan fingerprint density at radius 3 is 1.40 bits per heavy atom. The Bertz CT molecular complexity index is 703. The fraction of sp³-hybridized carbons (Fsp3) is 0.0476. The molecule has 0 unspecified atom stereocenters. The van der Waals surface area contributed by atoms with Crippen LogP contribution in [0.25, 0.3) is 21.5 Å². The molecular weight excluding hydrogens is 530 g/mol. The van der Waals surface area contributed by atoms with Crippen molar-refractivity contribution in [3.63, 3.8) is 0 Å². The van der Waals surface area contributed by atoms with Gasteiger partial charge in [0.15, 0.2) is 0 Å². The van der Waals surface area contributed by atoms with Gasteiger partial charge in [0.2, 0.25) is 0 Å². The van der Waals surface area contributed by atoms with E-state index in [1.807, 2.05) is 28.9 Å². The van der Waals surface area contributed by atoms with E-state index >= 15 is 0 Å². The molecule has 0 heterocycles. The van der Waals surface area contributed by atoms with Crippen LogP contribution in [0.15, 0.2) is 96.7 Å². The molecule has 1 radical (unpaired) electrons. The summed E-state index contributed by atoms with van der Waals surface area (Å²) in [6.45, 7) is 2.01. The minimum absolute atomic E-state index is 0. The number of rotatable bonds is 0. The molecule has 0 aromatic heterocycles. The van der Waals surface area contributed by atoms with E-state index < -0.39 is 0 Å². The quantitative estimate of drug-likeness (QED) is 0.200. The Morgan fingerprint density at radius 1 is 0.720 bits per heavy atom. The van der Waals surface area contributed by atoms with Gasteiger partial charge >= 0.3 is 25.8 Å². The van der Waals surface area contributed by atoms with Crippen LogP contribution >= 0.6 is 0 Å². The summed E-state index contributed by atoms with van der Waals surface area (Å²) in [6.07, 6.45) is 2.01. The molecule has 0 aliphatic carbocycles. The molecule has 0 bridgehead atoms. The summed E-state index contributed by atoms with van der Waals surface area (Å²) < 4.78 is 0. The summed E-state index contributed by atoms with van der Waals surface area (Å²) in [7, 11) is 1.84. The van der Waals surface area contributed by atoms with Gasteiger partial charge < -0.3 is 24.8 Å². The number of allylic oxidation sites excluding steroid dienone is 1. The molecule has 0 spiro atoms. The van der Waals surface area contributed by atoms with Crippen LogP contribution in [0.3, 0.4) is 0 Å². The van der Waals surface area contributed by atoms with E-state index in [1.165, 1.54) is 21.5 Å². The molecule has 0 saturated carbocycles. The largest absolute Gasteiger partial charge is 4.00 e. The van der Waals surface area contributed by atoms with Gasteiger partial charge in [0.25, 0.3) is 0 Å². The summed E-state index contributed by atoms with van der Waals surface area (Å²) in [5.74, 6) is 0. The molecule has 4 aromatic carbocycles. The van der Waals surface area contributed by atoms with E-state index in [-0.39, 0.29) is 50.7 Å². The molecule has 0 fully saturated rings. The Balaban J connectivity index is 0. The molecular formula is C21H21Cl2HfSi. The maximum absolute atomic E-state index is 2.12. The van der Waals surface area contributed by atoms with Crippen LogP contribution in [0.5, 0.6) is 0 Å². The zero-order valence-corrected chi connectivity index (χ0v) is 20.7. The summed E-state index contributed by atoms with van der Waals surface area (Å²) >= 11 is 0. The molecule has 0 nitrogen and oxygen atoms in total. The molecule has 0 aliphatic heterocycles. The van der Waals surface area contributed by atoms with Crippen molar-refractivity contribution in [3.8, 4) is 0 Å². The molecule has 4 rings (SSSR count). The first-order valence-electron chi connectivity index (χ1n) is 7.46. The van der Waals surface area contributed by atoms with Crippen molar-refractivity contribution in [1.82, 2.24) is 0 Å². The first kappa shape index (κ1) is 26.3. The van der Waals surface area contributed by atoms with Gasteiger partial charge in [-0.25, -0.2) is 0 Å². The third-order valence-corrected chi connectivity index (χ3v) is 3.80. The zero-order valence-electron chi connectivity index (χ0n) is 14.2. The Hall–Kier alpha value is -0.933. The first-order chi connectivity index (χ1) is 10.8. The maximum Gasteiger partial charge on any atom is 4.00 e. The molecule has 4 aromatic rings. The minimum Gasteiger partial charge on any atom is -1.00 e. The van der Waals surface area contributed by atoms with Crippen LogP contribution in [-0.2, 0) is 25.8 Å². The summed E-state index contributed by atoms with van der Waals surface area (Å²) in [6, 6.07) is 29.3. The van der Waals surface area contributed by atoms with E-state index in [4.69, 9.17) is 0 Å². The van der Waals surface area contributed by atoms with Gasteiger partial charge in [-0.3, -0.25) is 0 Å². The second-order valence-electron chi connectivity index (χ2n) is 4.88. The third-order valence-electron chi connectivity index (χ3n) is 3.33. The number of hydrogen-bond donors (Lipinski definition) is 0. The summed E-state index contributed by atoms with van der Waals surface area (Å²) in [5, 5.41) is 5.32. The standard InChI is InChI=1S/2C9H7.C3H7Si.2ClH.Hf/c2*1-2-5-9-7-3-6-8(9)4-1;1-2-3-4;;;/h2*1-7H;2-3H,4H2,1H3;2*1H;/q2*-1;;;;+4/p-2. The Kier molecular flexibility index (Phi) is 16.1. The predicted octanol–water partition coefficient (Wildman–Crippen LogP) is -0.724. The smallest absolute Gasteiger partial charge is 1.00 e. The van der Waals surface area contributed by atoms with Gasteiger partial charge in [0.05, 0.1) is 0 Å². The normalized spacial score (nSPS) is 8.88. The van der Waals surface area contributed by atoms with Crippen LogP contribution in [0.1, 0.15) is 6.92 Å². The first-order valence-corrected chi connectivity index (χ1v) is 8.28. The second kappa shape index (κ2) is 15.3. The molecule has 25 heavy (non-hydrogen) atoms. The van der Waals surface area contributed by atoms with Crippen molar-refractivity contribution in [3.05, 3.63) is 96.7 Å². The molecule has 0 N–H and O–H groups in total. The van der Waals surface area contributed by atoms with Crippen molar-refractivity contribution in [1.29, 1.82) is 0 Å². The number of hydrogen-bond acceptors (Lipinski definition) is 0. The van der Waals surface area contributed by atoms with E-state index in [0.717, 1.165) is 0 Å².